The smallest absolute Gasteiger partial charge is 0.226 e. The van der Waals surface area contributed by atoms with Crippen molar-refractivity contribution < 1.29 is 75.7 Å². The first-order chi connectivity index (χ1) is 43.3. The van der Waals surface area contributed by atoms with Crippen molar-refractivity contribution in [2.75, 3.05) is 6.54 Å². The number of nitrogens with one attached hydrogen (secondary N) is 1. The van der Waals surface area contributed by atoms with Gasteiger partial charge >= 0.3 is 0 Å². The summed E-state index contributed by atoms with van der Waals surface area (Å²) in [6.07, 6.45) is 39.7. The first-order valence-electron chi connectivity index (χ1n) is 32.8. The lowest BCUT2D eigenvalue weighted by molar-refractivity contribution is -0.127. The SMILES string of the molecule is CC(=O)/C(C)=C/C=C/C=C/CC/C=C/C(C)C(O)C(C)C(O)/C=C/C=C/C=C/C=C/C=C/C=C/CC(O)C(C)C(=O)CC(O)CC(O)/C=C/CC(O)CC(O)CC(O)/C=C/CC(O)CC(O)/C=C/CC(O)CC(O)CCCN=C(N)NC(=O)CC1CCCCC1C. The van der Waals surface area contributed by atoms with Gasteiger partial charge in [0.1, 0.15) is 5.78 Å². The molecule has 0 radical (unpaired) electrons. The lowest BCUT2D eigenvalue weighted by Crippen LogP contribution is -2.38. The van der Waals surface area contributed by atoms with Gasteiger partial charge < -0.3 is 67.0 Å². The van der Waals surface area contributed by atoms with Crippen LogP contribution in [0, 0.1) is 29.6 Å². The Labute approximate surface area is 543 Å². The Morgan fingerprint density at radius 3 is 1.62 bits per heavy atom. The minimum Gasteiger partial charge on any atom is -0.393 e. The van der Waals surface area contributed by atoms with Crippen molar-refractivity contribution in [3.05, 3.63) is 157 Å². The summed E-state index contributed by atoms with van der Waals surface area (Å²) in [5, 5.41) is 128. The van der Waals surface area contributed by atoms with Gasteiger partial charge in [0.15, 0.2) is 11.7 Å². The number of ketones is 2. The molecule has 0 bridgehead atoms. The molecule has 0 aromatic carbocycles. The second kappa shape index (κ2) is 50.9. The molecule has 1 rings (SSSR count). The first kappa shape index (κ1) is 83.4. The molecule has 512 valence electrons. The maximum atomic E-state index is 12.8. The van der Waals surface area contributed by atoms with Gasteiger partial charge in [-0.25, -0.2) is 0 Å². The van der Waals surface area contributed by atoms with Gasteiger partial charge in [0.2, 0.25) is 5.91 Å². The molecule has 1 amide bonds. The van der Waals surface area contributed by atoms with Crippen LogP contribution in [0.4, 0.5) is 0 Å². The number of aliphatic hydroxyl groups excluding tert-OH is 12. The number of hydrogen-bond donors (Lipinski definition) is 14. The van der Waals surface area contributed by atoms with E-state index in [1.807, 2.05) is 80.7 Å². The molecule has 0 heterocycles. The molecule has 15 N–H and O–H groups in total. The molecule has 18 heteroatoms. The van der Waals surface area contributed by atoms with Crippen molar-refractivity contribution in [2.45, 2.75) is 237 Å². The minimum absolute atomic E-state index is 0.00949. The normalized spacial score (nSPS) is 21.2. The number of nitrogens with zero attached hydrogens (tertiary/aromatic N) is 1. The number of aliphatic imine (C=N–C) groups is 1. The standard InChI is InChI=1S/C73H115N3O15/c1-52(57(6)77)31-21-17-13-12-14-18-22-33-54(3)72(91)56(5)69(88)43-24-20-16-11-9-7-8-10-15-19-23-42-68(87)55(4)70(89)51-67(86)50-64(83)40-29-39-63(82)49-66(85)48-62(81)38-28-37-60(79)46-59(78)35-27-36-61(80)47-65(84)41-30-44-75-73(74)76-71(90)45-58-34-26-25-32-53(58)2/h7-13,15-17,19-24,27-29,31,33,35,38,40,43,53-56,58-69,72,78-88,91H,14,18,25-26,30,32,34,36-37,39,41-42,44-51H2,1-6H3,(H3,74,75,76,90)/b8-7+,11-9+,13-12+,15-10+,20-16+,21-17+,23-19+,33-22+,35-27+,38-28+,40-29+,43-24+,52-31+. The Bertz CT molecular complexity index is 2450. The number of allylic oxidation sites excluding steroid dienone is 17. The lowest BCUT2D eigenvalue weighted by atomic mass is 9.78. The quantitative estimate of drug-likeness (QED) is 0.00683. The molecule has 0 spiro atoms. The zero-order valence-corrected chi connectivity index (χ0v) is 55.0. The van der Waals surface area contributed by atoms with E-state index in [1.165, 1.54) is 43.7 Å². The van der Waals surface area contributed by atoms with E-state index >= 15 is 0 Å². The summed E-state index contributed by atoms with van der Waals surface area (Å²) in [6, 6.07) is 0. The van der Waals surface area contributed by atoms with Crippen LogP contribution in [0.5, 0.6) is 0 Å². The molecule has 91 heavy (non-hydrogen) atoms. The average molecular weight is 1270 g/mol. The summed E-state index contributed by atoms with van der Waals surface area (Å²) < 4.78 is 0. The first-order valence-corrected chi connectivity index (χ1v) is 32.8. The van der Waals surface area contributed by atoms with Crippen LogP contribution >= 0.6 is 0 Å². The summed E-state index contributed by atoms with van der Waals surface area (Å²) in [5.74, 6) is -0.780. The van der Waals surface area contributed by atoms with Gasteiger partial charge in [0, 0.05) is 56.4 Å². The van der Waals surface area contributed by atoms with Gasteiger partial charge in [-0.1, -0.05) is 199 Å². The summed E-state index contributed by atoms with van der Waals surface area (Å²) in [7, 11) is 0. The van der Waals surface area contributed by atoms with E-state index < -0.39 is 79.2 Å². The summed E-state index contributed by atoms with van der Waals surface area (Å²) in [6.45, 7) is 11.1. The zero-order chi connectivity index (χ0) is 67.9. The van der Waals surface area contributed by atoms with Crippen LogP contribution in [0.25, 0.3) is 0 Å². The number of hydrogen-bond acceptors (Lipinski definition) is 16. The number of Topliss-reactive ketones (excluding diaryl/α,β-unsaturated/α-hetero) is 2. The van der Waals surface area contributed by atoms with Crippen molar-refractivity contribution in [1.29, 1.82) is 0 Å². The number of aliphatic hydroxyl groups is 12. The van der Waals surface area contributed by atoms with E-state index in [0.717, 1.165) is 32.1 Å². The Morgan fingerprint density at radius 2 is 1.03 bits per heavy atom. The van der Waals surface area contributed by atoms with Crippen molar-refractivity contribution >= 4 is 23.4 Å². The third kappa shape index (κ3) is 43.8. The molecule has 1 aliphatic carbocycles. The number of unbranched alkanes of at least 4 members (excludes halogenated alkanes) is 1. The Morgan fingerprint density at radius 1 is 0.538 bits per heavy atom. The van der Waals surface area contributed by atoms with Crippen LogP contribution in [0.1, 0.15) is 164 Å². The van der Waals surface area contributed by atoms with Crippen molar-refractivity contribution in [3.8, 4) is 0 Å². The highest BCUT2D eigenvalue weighted by atomic mass is 16.3. The maximum Gasteiger partial charge on any atom is 0.226 e. The minimum atomic E-state index is -1.17. The molecule has 17 unspecified atom stereocenters. The fraction of sp³-hybridized carbons (Fsp3) is 0.589. The lowest BCUT2D eigenvalue weighted by Gasteiger charge is -2.28. The van der Waals surface area contributed by atoms with Gasteiger partial charge in [-0.3, -0.25) is 24.7 Å². The highest BCUT2D eigenvalue weighted by molar-refractivity contribution is 5.96. The van der Waals surface area contributed by atoms with Gasteiger partial charge in [-0.15, -0.1) is 0 Å². The van der Waals surface area contributed by atoms with E-state index in [2.05, 4.69) is 17.2 Å². The molecule has 0 aromatic heterocycles. The van der Waals surface area contributed by atoms with Gasteiger partial charge in [-0.2, -0.15) is 0 Å². The number of rotatable bonds is 47. The van der Waals surface area contributed by atoms with Crippen molar-refractivity contribution in [1.82, 2.24) is 5.32 Å². The third-order valence-electron chi connectivity index (χ3n) is 16.1. The molecule has 1 fully saturated rings. The van der Waals surface area contributed by atoms with E-state index in [1.54, 1.807) is 68.5 Å². The summed E-state index contributed by atoms with van der Waals surface area (Å²) in [5.41, 5.74) is 6.58. The molecule has 0 saturated heterocycles. The monoisotopic (exact) mass is 1270 g/mol. The van der Waals surface area contributed by atoms with E-state index in [0.29, 0.717) is 43.2 Å². The average Bonchev–Trinajstić information content (AvgIpc) is 2.70. The van der Waals surface area contributed by atoms with Gasteiger partial charge in [0.05, 0.1) is 73.2 Å². The van der Waals surface area contributed by atoms with Crippen LogP contribution in [0.2, 0.25) is 0 Å². The molecule has 0 aliphatic heterocycles. The van der Waals surface area contributed by atoms with E-state index in [-0.39, 0.29) is 99.5 Å². The van der Waals surface area contributed by atoms with Crippen LogP contribution in [0.3, 0.4) is 0 Å². The van der Waals surface area contributed by atoms with E-state index in [4.69, 9.17) is 5.73 Å². The van der Waals surface area contributed by atoms with Gasteiger partial charge in [0.25, 0.3) is 0 Å². The third-order valence-corrected chi connectivity index (χ3v) is 16.1. The summed E-state index contributed by atoms with van der Waals surface area (Å²) in [4.78, 5) is 40.6. The van der Waals surface area contributed by atoms with Crippen molar-refractivity contribution in [2.24, 2.45) is 40.3 Å². The predicted molar refractivity (Wildman–Crippen MR) is 364 cm³/mol. The molecule has 0 aromatic rings. The van der Waals surface area contributed by atoms with E-state index in [9.17, 15) is 75.7 Å². The van der Waals surface area contributed by atoms with Crippen LogP contribution in [0.15, 0.2) is 162 Å². The second-order valence-corrected chi connectivity index (χ2v) is 24.5. The maximum absolute atomic E-state index is 12.8. The topological polar surface area (TPSA) is 344 Å². The van der Waals surface area contributed by atoms with Crippen LogP contribution < -0.4 is 11.1 Å². The number of carbonyl (C=O) groups is 3. The summed E-state index contributed by atoms with van der Waals surface area (Å²) >= 11 is 0. The highest BCUT2D eigenvalue weighted by Gasteiger charge is 2.27. The number of carbonyl (C=O) groups excluding carboxylic acids is 3. The zero-order valence-electron chi connectivity index (χ0n) is 55.0. The molecular formula is C73H115N3O15. The van der Waals surface area contributed by atoms with Crippen molar-refractivity contribution in [3.63, 3.8) is 0 Å². The molecule has 17 atom stereocenters. The predicted octanol–water partition coefficient (Wildman–Crippen LogP) is 8.11. The Balaban J connectivity index is 2.29. The fourth-order valence-corrected chi connectivity index (χ4v) is 10.0. The largest absolute Gasteiger partial charge is 0.393 e. The second-order valence-electron chi connectivity index (χ2n) is 24.5. The Hall–Kier alpha value is -5.58. The number of guanidine groups is 1. The fourth-order valence-electron chi connectivity index (χ4n) is 10.0. The highest BCUT2D eigenvalue weighted by Crippen LogP contribution is 2.32. The molecule has 1 saturated carbocycles. The van der Waals surface area contributed by atoms with Gasteiger partial charge in [-0.05, 0) is 102 Å². The van der Waals surface area contributed by atoms with Crippen LogP contribution in [-0.2, 0) is 14.4 Å². The molecular weight excluding hydrogens is 1160 g/mol. The number of nitrogens with two attached hydrogens (primary N) is 1. The number of amides is 1. The Kier molecular flexibility index (Phi) is 46.7. The molecule has 18 nitrogen and oxygen atoms in total. The molecule has 1 aliphatic rings. The van der Waals surface area contributed by atoms with Crippen LogP contribution in [-0.4, -0.2) is 165 Å².